The second-order valence-corrected chi connectivity index (χ2v) is 4.16. The number of hydrazine groups is 1. The molecule has 21 heavy (non-hydrogen) atoms. The molecular weight excluding hydrogens is 302 g/mol. The first-order valence-corrected chi connectivity index (χ1v) is 6.21. The lowest BCUT2D eigenvalue weighted by molar-refractivity contribution is -0.404. The van der Waals surface area contributed by atoms with Crippen LogP contribution in [0.25, 0.3) is 0 Å². The fraction of sp³-hybridized carbons (Fsp3) is 0.364. The second kappa shape index (κ2) is 8.95. The normalized spacial score (nSPS) is 11.3. The largest absolute Gasteiger partial charge is 0.360 e. The van der Waals surface area contributed by atoms with Crippen LogP contribution in [0.5, 0.6) is 0 Å². The molecule has 0 aromatic carbocycles. The number of nitro groups is 1. The van der Waals surface area contributed by atoms with Crippen molar-refractivity contribution in [1.29, 1.82) is 0 Å². The second-order valence-electron chi connectivity index (χ2n) is 3.72. The molecule has 0 bridgehead atoms. The summed E-state index contributed by atoms with van der Waals surface area (Å²) in [4.78, 5) is 14.0. The Bertz CT molecular complexity index is 478. The minimum Gasteiger partial charge on any atom is -0.360 e. The van der Waals surface area contributed by atoms with E-state index in [0.717, 1.165) is 6.20 Å². The van der Waals surface area contributed by atoms with E-state index < -0.39 is 11.2 Å². The van der Waals surface area contributed by atoms with Gasteiger partial charge in [0, 0.05) is 20.4 Å². The summed E-state index contributed by atoms with van der Waals surface area (Å²) in [7, 11) is 2.94. The molecule has 0 aliphatic carbocycles. The lowest BCUT2D eigenvalue weighted by Gasteiger charge is -2.17. The van der Waals surface area contributed by atoms with Crippen LogP contribution in [0.2, 0.25) is 5.02 Å². The van der Waals surface area contributed by atoms with Gasteiger partial charge in [-0.1, -0.05) is 11.6 Å². The molecule has 1 rings (SSSR count). The first-order chi connectivity index (χ1) is 10.0. The molecular formula is C11H16ClN5O4. The highest BCUT2D eigenvalue weighted by Crippen LogP contribution is 2.08. The van der Waals surface area contributed by atoms with Gasteiger partial charge in [-0.25, -0.2) is 4.98 Å². The van der Waals surface area contributed by atoms with E-state index in [-0.39, 0.29) is 12.4 Å². The van der Waals surface area contributed by atoms with Crippen molar-refractivity contribution in [3.05, 3.63) is 45.5 Å². The monoisotopic (exact) mass is 317 g/mol. The maximum atomic E-state index is 10.6. The van der Waals surface area contributed by atoms with Crippen molar-refractivity contribution in [2.24, 2.45) is 0 Å². The van der Waals surface area contributed by atoms with Crippen LogP contribution in [-0.4, -0.2) is 37.0 Å². The summed E-state index contributed by atoms with van der Waals surface area (Å²) >= 11 is 5.71. The van der Waals surface area contributed by atoms with Crippen LogP contribution in [0.15, 0.2) is 30.4 Å². The van der Waals surface area contributed by atoms with Gasteiger partial charge in [0.1, 0.15) is 5.82 Å². The highest BCUT2D eigenvalue weighted by atomic mass is 35.5. The van der Waals surface area contributed by atoms with E-state index in [9.17, 15) is 10.1 Å². The van der Waals surface area contributed by atoms with Gasteiger partial charge in [0.25, 0.3) is 6.20 Å². The molecule has 0 aliphatic heterocycles. The Labute approximate surface area is 126 Å². The summed E-state index contributed by atoms with van der Waals surface area (Å²) in [6.07, 6.45) is 1.68. The van der Waals surface area contributed by atoms with Gasteiger partial charge < -0.3 is 14.8 Å². The number of halogens is 1. The van der Waals surface area contributed by atoms with Crippen molar-refractivity contribution < 1.29 is 14.4 Å². The average molecular weight is 318 g/mol. The van der Waals surface area contributed by atoms with Gasteiger partial charge in [0.2, 0.25) is 0 Å². The third-order valence-corrected chi connectivity index (χ3v) is 2.50. The molecule has 0 radical (unpaired) electrons. The average Bonchev–Trinajstić information content (AvgIpc) is 2.46. The zero-order chi connectivity index (χ0) is 15.7. The number of anilines is 1. The quantitative estimate of drug-likeness (QED) is 0.350. The maximum absolute atomic E-state index is 10.6. The minimum atomic E-state index is -0.596. The van der Waals surface area contributed by atoms with E-state index in [0.29, 0.717) is 10.8 Å². The maximum Gasteiger partial charge on any atom is 0.275 e. The number of hydrogen-bond acceptors (Lipinski definition) is 8. The molecule has 1 aromatic rings. The Kier molecular flexibility index (Phi) is 7.23. The van der Waals surface area contributed by atoms with Crippen molar-refractivity contribution in [1.82, 2.24) is 15.7 Å². The molecule has 0 atom stereocenters. The van der Waals surface area contributed by atoms with Gasteiger partial charge in [0.05, 0.1) is 16.5 Å². The van der Waals surface area contributed by atoms with Crippen LogP contribution in [-0.2, 0) is 9.47 Å². The van der Waals surface area contributed by atoms with Crippen LogP contribution >= 0.6 is 11.6 Å². The fourth-order valence-corrected chi connectivity index (χ4v) is 1.38. The first kappa shape index (κ1) is 17.0. The summed E-state index contributed by atoms with van der Waals surface area (Å²) in [5, 5.41) is 13.8. The molecule has 0 fully saturated rings. The Morgan fingerprint density at radius 3 is 2.76 bits per heavy atom. The van der Waals surface area contributed by atoms with Crippen LogP contribution < -0.4 is 16.2 Å². The number of rotatable bonds is 9. The molecule has 0 aliphatic rings. The van der Waals surface area contributed by atoms with Gasteiger partial charge in [-0.15, -0.1) is 0 Å². The van der Waals surface area contributed by atoms with Crippen molar-refractivity contribution in [2.75, 3.05) is 26.2 Å². The van der Waals surface area contributed by atoms with Crippen LogP contribution in [0.3, 0.4) is 0 Å². The van der Waals surface area contributed by atoms with Crippen LogP contribution in [0.1, 0.15) is 0 Å². The van der Waals surface area contributed by atoms with E-state index in [1.165, 1.54) is 20.4 Å². The van der Waals surface area contributed by atoms with Crippen molar-refractivity contribution >= 4 is 17.4 Å². The zero-order valence-electron chi connectivity index (χ0n) is 11.5. The number of nitrogens with zero attached hydrogens (tertiary/aromatic N) is 2. The molecule has 0 amide bonds. The molecule has 0 unspecified atom stereocenters. The van der Waals surface area contributed by atoms with E-state index >= 15 is 0 Å². The molecule has 9 nitrogen and oxygen atoms in total. The van der Waals surface area contributed by atoms with Gasteiger partial charge in [-0.2, -0.15) is 0 Å². The van der Waals surface area contributed by atoms with Crippen molar-refractivity contribution in [3.8, 4) is 0 Å². The Morgan fingerprint density at radius 1 is 1.52 bits per heavy atom. The van der Waals surface area contributed by atoms with Gasteiger partial charge in [-0.05, 0) is 12.1 Å². The molecule has 0 saturated carbocycles. The Morgan fingerprint density at radius 2 is 2.24 bits per heavy atom. The van der Waals surface area contributed by atoms with E-state index in [1.54, 1.807) is 12.1 Å². The molecule has 10 heteroatoms. The molecule has 1 heterocycles. The van der Waals surface area contributed by atoms with E-state index in [1.807, 2.05) is 0 Å². The molecule has 3 N–H and O–H groups in total. The summed E-state index contributed by atoms with van der Waals surface area (Å²) in [5.74, 6) is 0.571. The van der Waals surface area contributed by atoms with E-state index in [2.05, 4.69) is 21.2 Å². The van der Waals surface area contributed by atoms with Crippen molar-refractivity contribution in [2.45, 2.75) is 6.29 Å². The predicted molar refractivity (Wildman–Crippen MR) is 76.9 cm³/mol. The molecule has 0 saturated heterocycles. The van der Waals surface area contributed by atoms with Crippen LogP contribution in [0.4, 0.5) is 5.82 Å². The smallest absolute Gasteiger partial charge is 0.275 e. The number of nitrogens with one attached hydrogen (secondary N) is 3. The lowest BCUT2D eigenvalue weighted by atomic mass is 10.5. The summed E-state index contributed by atoms with van der Waals surface area (Å²) in [5.41, 5.74) is 5.33. The number of hydrogen-bond donors (Lipinski definition) is 3. The standard InChI is InChI=1S/C11H16ClN5O4/c1-20-11(21-2)6-14-10(7-17(18)19)16-15-9-4-3-8(12)5-13-9/h3-5,7,11,14,16H,6H2,1-2H3,(H,13,15). The van der Waals surface area contributed by atoms with Crippen LogP contribution in [0, 0.1) is 10.1 Å². The summed E-state index contributed by atoms with van der Waals surface area (Å²) in [6, 6.07) is 3.25. The Hall–Kier alpha value is -2.10. The van der Waals surface area contributed by atoms with Gasteiger partial charge in [-0.3, -0.25) is 21.0 Å². The number of methoxy groups -OCH3 is 2. The zero-order valence-corrected chi connectivity index (χ0v) is 12.3. The topological polar surface area (TPSA) is 111 Å². The molecule has 1 aromatic heterocycles. The number of ether oxygens (including phenoxy) is 2. The number of pyridine rings is 1. The fourth-order valence-electron chi connectivity index (χ4n) is 1.26. The van der Waals surface area contributed by atoms with Crippen molar-refractivity contribution in [3.63, 3.8) is 0 Å². The molecule has 116 valence electrons. The number of aromatic nitrogens is 1. The highest BCUT2D eigenvalue weighted by molar-refractivity contribution is 6.30. The highest BCUT2D eigenvalue weighted by Gasteiger charge is 2.08. The predicted octanol–water partition coefficient (Wildman–Crippen LogP) is 0.936. The third kappa shape index (κ3) is 6.75. The summed E-state index contributed by atoms with van der Waals surface area (Å²) < 4.78 is 9.95. The SMILES string of the molecule is COC(CNC(=C[N+](=O)[O-])NNc1ccc(Cl)cn1)OC. The summed E-state index contributed by atoms with van der Waals surface area (Å²) in [6.45, 7) is 0.218. The minimum absolute atomic E-state index is 0.121. The Balaban J connectivity index is 2.58. The van der Waals surface area contributed by atoms with E-state index in [4.69, 9.17) is 21.1 Å². The van der Waals surface area contributed by atoms with Gasteiger partial charge >= 0.3 is 0 Å². The lowest BCUT2D eigenvalue weighted by Crippen LogP contribution is -2.37. The first-order valence-electron chi connectivity index (χ1n) is 5.83. The third-order valence-electron chi connectivity index (χ3n) is 2.27. The molecule has 0 spiro atoms. The van der Waals surface area contributed by atoms with Gasteiger partial charge in [0.15, 0.2) is 12.1 Å².